The molecule has 0 heterocycles. The van der Waals surface area contributed by atoms with Gasteiger partial charge in [0.05, 0.1) is 39.1 Å². The molecule has 0 N–H and O–H groups in total. The minimum atomic E-state index is -1.04. The zero-order valence-electron chi connectivity index (χ0n) is 33.2. The Hall–Kier alpha value is -5.70. The van der Waals surface area contributed by atoms with Crippen molar-refractivity contribution < 1.29 is 28.8 Å². The minimum absolute atomic E-state index is 0.0699. The molecule has 0 aromatic heterocycles. The number of hydrogen-bond acceptors (Lipinski definition) is 6. The Labute approximate surface area is 348 Å². The van der Waals surface area contributed by atoms with Crippen LogP contribution in [0.3, 0.4) is 0 Å². The van der Waals surface area contributed by atoms with Gasteiger partial charge in [-0.15, -0.1) is 6.61 Å². The highest BCUT2D eigenvalue weighted by atomic mass is 16.6. The first-order valence-electron chi connectivity index (χ1n) is 20.2. The summed E-state index contributed by atoms with van der Waals surface area (Å²) in [6, 6.07) is 70.7. The summed E-state index contributed by atoms with van der Waals surface area (Å²) in [4.78, 5) is 0. The van der Waals surface area contributed by atoms with Crippen LogP contribution < -0.4 is 5.11 Å². The Kier molecular flexibility index (Phi) is 15.4. The maximum atomic E-state index is 13.4. The van der Waals surface area contributed by atoms with Crippen LogP contribution in [0, 0.1) is 0 Å². The monoisotopic (exact) mass is 783 g/mol. The van der Waals surface area contributed by atoms with Gasteiger partial charge in [-0.2, -0.15) is 0 Å². The van der Waals surface area contributed by atoms with Crippen molar-refractivity contribution in [1.82, 2.24) is 0 Å². The first-order valence-corrected chi connectivity index (χ1v) is 20.2. The molecule has 300 valence electrons. The van der Waals surface area contributed by atoms with Crippen LogP contribution >= 0.6 is 0 Å². The molecule has 0 amide bonds. The molecule has 59 heavy (non-hydrogen) atoms. The lowest BCUT2D eigenvalue weighted by Gasteiger charge is -2.41. The zero-order valence-corrected chi connectivity index (χ0v) is 33.2. The van der Waals surface area contributed by atoms with E-state index in [9.17, 15) is 5.11 Å². The van der Waals surface area contributed by atoms with E-state index < -0.39 is 36.6 Å². The lowest BCUT2D eigenvalue weighted by atomic mass is 9.80. The van der Waals surface area contributed by atoms with Gasteiger partial charge >= 0.3 is 0 Å². The third kappa shape index (κ3) is 11.3. The quantitative estimate of drug-likeness (QED) is 0.0638. The van der Waals surface area contributed by atoms with Crippen LogP contribution in [-0.2, 0) is 55.7 Å². The fraction of sp³-hybridized carbons (Fsp3) is 0.208. The van der Waals surface area contributed by atoms with Crippen molar-refractivity contribution in [2.75, 3.05) is 13.2 Å². The normalized spacial score (nSPS) is 13.6. The molecule has 0 aliphatic carbocycles. The number of ether oxygens (including phenoxy) is 5. The zero-order chi connectivity index (χ0) is 40.4. The highest BCUT2D eigenvalue weighted by Gasteiger charge is 2.42. The third-order valence-electron chi connectivity index (χ3n) is 10.4. The third-order valence-corrected chi connectivity index (χ3v) is 10.4. The van der Waals surface area contributed by atoms with Gasteiger partial charge in [-0.1, -0.05) is 212 Å². The summed E-state index contributed by atoms with van der Waals surface area (Å²) in [6.45, 7) is 0.485. The number of rotatable bonds is 22. The number of hydrogen-bond donors (Lipinski definition) is 0. The summed E-state index contributed by atoms with van der Waals surface area (Å²) >= 11 is 0. The largest absolute Gasteiger partial charge is 0.853 e. The lowest BCUT2D eigenvalue weighted by Crippen LogP contribution is -2.54. The minimum Gasteiger partial charge on any atom is -0.853 e. The van der Waals surface area contributed by atoms with Gasteiger partial charge in [0, 0.05) is 0 Å². The van der Waals surface area contributed by atoms with Crippen LogP contribution in [0.5, 0.6) is 0 Å². The second-order valence-corrected chi connectivity index (χ2v) is 14.4. The topological polar surface area (TPSA) is 69.2 Å². The summed E-state index contributed by atoms with van der Waals surface area (Å²) in [5, 5.41) is 13.4. The van der Waals surface area contributed by atoms with Crippen LogP contribution in [0.2, 0.25) is 0 Å². The summed E-state index contributed by atoms with van der Waals surface area (Å²) in [5.74, 6) is 0. The summed E-state index contributed by atoms with van der Waals surface area (Å²) in [5.41, 5.74) is 5.71. The molecule has 0 saturated heterocycles. The van der Waals surface area contributed by atoms with Gasteiger partial charge in [-0.25, -0.2) is 0 Å². The van der Waals surface area contributed by atoms with Crippen molar-refractivity contribution in [3.63, 3.8) is 0 Å². The van der Waals surface area contributed by atoms with Gasteiger partial charge in [0.2, 0.25) is 0 Å². The molecule has 0 saturated carbocycles. The van der Waals surface area contributed by atoms with Crippen molar-refractivity contribution >= 4 is 0 Å². The molecule has 7 aromatic carbocycles. The lowest BCUT2D eigenvalue weighted by molar-refractivity contribution is -0.396. The van der Waals surface area contributed by atoms with Crippen LogP contribution in [0.1, 0.15) is 38.9 Å². The van der Waals surface area contributed by atoms with Gasteiger partial charge < -0.3 is 28.8 Å². The molecule has 0 aliphatic rings. The smallest absolute Gasteiger partial charge is 0.143 e. The van der Waals surface area contributed by atoms with Gasteiger partial charge in [0.25, 0.3) is 0 Å². The van der Waals surface area contributed by atoms with E-state index in [1.165, 1.54) is 0 Å². The Morgan fingerprint density at radius 2 is 0.610 bits per heavy atom. The number of benzene rings is 7. The van der Waals surface area contributed by atoms with E-state index in [4.69, 9.17) is 23.7 Å². The Morgan fingerprint density at radius 1 is 0.339 bits per heavy atom. The average molecular weight is 784 g/mol. The fourth-order valence-corrected chi connectivity index (χ4v) is 7.37. The maximum Gasteiger partial charge on any atom is 0.143 e. The Morgan fingerprint density at radius 3 is 0.932 bits per heavy atom. The molecule has 0 radical (unpaired) electrons. The fourth-order valence-electron chi connectivity index (χ4n) is 7.37. The molecule has 0 spiro atoms. The van der Waals surface area contributed by atoms with E-state index in [1.807, 2.05) is 176 Å². The van der Waals surface area contributed by atoms with Crippen molar-refractivity contribution in [2.24, 2.45) is 0 Å². The summed E-state index contributed by atoms with van der Waals surface area (Å²) < 4.78 is 34.8. The molecule has 1 unspecified atom stereocenters. The second-order valence-electron chi connectivity index (χ2n) is 14.4. The highest BCUT2D eigenvalue weighted by molar-refractivity contribution is 5.47. The standard InChI is InChI=1S/C53H51O6/c54-36-49(55-37-42-22-8-1-9-23-42)51(57-39-44-26-12-3-13-27-44)52(58-40-45-28-14-4-15-29-45)50(56-38-43-24-10-2-11-25-43)41-59-53(46-30-16-5-17-31-46,47-32-18-6-19-33-47)48-34-20-7-21-35-48/h1-35,49-52H,36-41H2/q-1/t49-,50-,51-,52?/m1/s1. The highest BCUT2D eigenvalue weighted by Crippen LogP contribution is 2.41. The van der Waals surface area contributed by atoms with E-state index in [1.54, 1.807) is 0 Å². The van der Waals surface area contributed by atoms with Crippen molar-refractivity contribution in [3.8, 4) is 0 Å². The molecule has 4 atom stereocenters. The molecular formula is C53H51O6-. The van der Waals surface area contributed by atoms with Crippen molar-refractivity contribution in [2.45, 2.75) is 56.4 Å². The van der Waals surface area contributed by atoms with E-state index in [0.29, 0.717) is 0 Å². The maximum absolute atomic E-state index is 13.4. The second kappa shape index (κ2) is 21.9. The molecule has 0 bridgehead atoms. The van der Waals surface area contributed by atoms with E-state index in [0.717, 1.165) is 38.9 Å². The average Bonchev–Trinajstić information content (AvgIpc) is 3.32. The van der Waals surface area contributed by atoms with Gasteiger partial charge in [0.15, 0.2) is 0 Å². The molecule has 0 fully saturated rings. The SMILES string of the molecule is [O-]C[C@@H](OCc1ccccc1)[C@@H](OCc1ccccc1)C(OCc1ccccc1)[C@@H](COC(c1ccccc1)(c1ccccc1)c1ccccc1)OCc1ccccc1. The molecule has 7 aromatic rings. The molecule has 0 aliphatic heterocycles. The van der Waals surface area contributed by atoms with Gasteiger partial charge in [-0.3, -0.25) is 0 Å². The van der Waals surface area contributed by atoms with Crippen LogP contribution in [-0.4, -0.2) is 37.6 Å². The van der Waals surface area contributed by atoms with Crippen LogP contribution in [0.15, 0.2) is 212 Å². The molecule has 6 nitrogen and oxygen atoms in total. The van der Waals surface area contributed by atoms with E-state index in [-0.39, 0.29) is 33.0 Å². The molecule has 7 rings (SSSR count). The van der Waals surface area contributed by atoms with E-state index in [2.05, 4.69) is 36.4 Å². The van der Waals surface area contributed by atoms with Crippen LogP contribution in [0.25, 0.3) is 0 Å². The predicted molar refractivity (Wildman–Crippen MR) is 230 cm³/mol. The predicted octanol–water partition coefficient (Wildman–Crippen LogP) is 9.70. The van der Waals surface area contributed by atoms with Crippen molar-refractivity contribution in [1.29, 1.82) is 0 Å². The van der Waals surface area contributed by atoms with Gasteiger partial charge in [0.1, 0.15) is 23.9 Å². The van der Waals surface area contributed by atoms with Crippen molar-refractivity contribution in [3.05, 3.63) is 251 Å². The van der Waals surface area contributed by atoms with Gasteiger partial charge in [-0.05, 0) is 38.9 Å². The molecular weight excluding hydrogens is 733 g/mol. The summed E-state index contributed by atoms with van der Waals surface area (Å²) in [7, 11) is 0. The Bertz CT molecular complexity index is 2080. The first kappa shape index (κ1) is 41.5. The van der Waals surface area contributed by atoms with Crippen LogP contribution in [0.4, 0.5) is 0 Å². The van der Waals surface area contributed by atoms with E-state index >= 15 is 0 Å². The molecule has 6 heteroatoms. The first-order chi connectivity index (χ1) is 29.2. The Balaban J connectivity index is 1.32. The summed E-state index contributed by atoms with van der Waals surface area (Å²) in [6.07, 6.45) is -3.32.